The van der Waals surface area contributed by atoms with E-state index in [-0.39, 0.29) is 41.4 Å². The molecule has 0 N–H and O–H groups in total. The molecule has 0 saturated carbocycles. The molecule has 0 bridgehead atoms. The second-order valence-corrected chi connectivity index (χ2v) is 13.0. The maximum Gasteiger partial charge on any atom is 0.350 e. The van der Waals surface area contributed by atoms with E-state index < -0.39 is 11.6 Å². The third-order valence-corrected chi connectivity index (χ3v) is 10.6. The molecule has 220 valence electrons. The second-order valence-electron chi connectivity index (χ2n) is 11.6. The van der Waals surface area contributed by atoms with Gasteiger partial charge >= 0.3 is 5.69 Å². The van der Waals surface area contributed by atoms with E-state index in [0.29, 0.717) is 70.2 Å². The number of thioether (sulfide) groups is 1. The predicted molar refractivity (Wildman–Crippen MR) is 159 cm³/mol. The van der Waals surface area contributed by atoms with Gasteiger partial charge in [0.05, 0.1) is 35.3 Å². The number of carbonyl (C=O) groups is 1. The maximum atomic E-state index is 15.2. The smallest absolute Gasteiger partial charge is 0.350 e. The van der Waals surface area contributed by atoms with Gasteiger partial charge in [0.15, 0.2) is 0 Å². The van der Waals surface area contributed by atoms with Gasteiger partial charge in [0, 0.05) is 71.5 Å². The van der Waals surface area contributed by atoms with Crippen LogP contribution >= 0.6 is 23.4 Å². The largest absolute Gasteiger partial charge is 0.373 e. The van der Waals surface area contributed by atoms with Crippen molar-refractivity contribution in [1.29, 1.82) is 0 Å². The lowest BCUT2D eigenvalue weighted by molar-refractivity contribution is -0.216. The Labute approximate surface area is 250 Å². The van der Waals surface area contributed by atoms with E-state index in [4.69, 9.17) is 16.3 Å². The molecule has 1 amide bonds. The fourth-order valence-corrected chi connectivity index (χ4v) is 8.43. The molecule has 42 heavy (non-hydrogen) atoms. The Morgan fingerprint density at radius 1 is 1.21 bits per heavy atom. The Morgan fingerprint density at radius 3 is 2.69 bits per heavy atom. The van der Waals surface area contributed by atoms with Crippen molar-refractivity contribution in [2.75, 3.05) is 43.4 Å². The topological polar surface area (TPSA) is 70.9 Å². The minimum absolute atomic E-state index is 0.141. The zero-order valence-corrected chi connectivity index (χ0v) is 24.8. The van der Waals surface area contributed by atoms with Gasteiger partial charge in [-0.25, -0.2) is 13.6 Å². The molecule has 7 rings (SSSR count). The van der Waals surface area contributed by atoms with E-state index in [9.17, 15) is 14.0 Å². The van der Waals surface area contributed by atoms with Crippen LogP contribution in [0.3, 0.4) is 0 Å². The van der Waals surface area contributed by atoms with E-state index in [1.165, 1.54) is 30.0 Å². The van der Waals surface area contributed by atoms with Crippen molar-refractivity contribution < 1.29 is 18.3 Å². The average molecular weight is 614 g/mol. The number of hydrogen-bond acceptors (Lipinski definition) is 7. The molecule has 0 aliphatic carbocycles. The van der Waals surface area contributed by atoms with Crippen LogP contribution in [0.15, 0.2) is 46.6 Å². The Kier molecular flexibility index (Phi) is 6.84. The highest BCUT2D eigenvalue weighted by molar-refractivity contribution is 7.99. The van der Waals surface area contributed by atoms with Gasteiger partial charge in [-0.05, 0) is 38.1 Å². The number of likely N-dealkylation sites (tertiary alicyclic amines) is 1. The summed E-state index contributed by atoms with van der Waals surface area (Å²) in [4.78, 5) is 37.9. The van der Waals surface area contributed by atoms with Crippen molar-refractivity contribution in [3.63, 3.8) is 0 Å². The first-order valence-corrected chi connectivity index (χ1v) is 15.4. The highest BCUT2D eigenvalue weighted by atomic mass is 35.5. The highest BCUT2D eigenvalue weighted by Gasteiger charge is 2.48. The summed E-state index contributed by atoms with van der Waals surface area (Å²) < 4.78 is 36.3. The molecule has 0 radical (unpaired) electrons. The predicted octanol–water partition coefficient (Wildman–Crippen LogP) is 4.34. The van der Waals surface area contributed by atoms with E-state index in [0.717, 1.165) is 12.6 Å². The van der Waals surface area contributed by atoms with Crippen LogP contribution < -0.4 is 10.6 Å². The molecule has 2 aromatic carbocycles. The highest BCUT2D eigenvalue weighted by Crippen LogP contribution is 2.48. The van der Waals surface area contributed by atoms with Crippen molar-refractivity contribution in [3.8, 4) is 11.1 Å². The monoisotopic (exact) mass is 613 g/mol. The molecule has 3 saturated heterocycles. The maximum absolute atomic E-state index is 15.2. The fourth-order valence-electron chi connectivity index (χ4n) is 6.74. The quantitative estimate of drug-likeness (QED) is 0.397. The normalized spacial score (nSPS) is 26.9. The summed E-state index contributed by atoms with van der Waals surface area (Å²) in [5.41, 5.74) is 0.885. The summed E-state index contributed by atoms with van der Waals surface area (Å²) in [5, 5.41) is 0.981. The lowest BCUT2D eigenvalue weighted by Gasteiger charge is -2.55. The number of benzene rings is 2. The average Bonchev–Trinajstić information content (AvgIpc) is 2.94. The lowest BCUT2D eigenvalue weighted by Crippen LogP contribution is -2.71. The van der Waals surface area contributed by atoms with Crippen LogP contribution in [0.4, 0.5) is 14.6 Å². The number of anilines is 1. The summed E-state index contributed by atoms with van der Waals surface area (Å²) in [6.07, 6.45) is 1.59. The first-order valence-electron chi connectivity index (χ1n) is 14.1. The number of hydrogen-bond donors (Lipinski definition) is 0. The van der Waals surface area contributed by atoms with Crippen LogP contribution in [-0.2, 0) is 9.53 Å². The Balaban J connectivity index is 1.40. The van der Waals surface area contributed by atoms with E-state index in [2.05, 4.69) is 21.4 Å². The first kappa shape index (κ1) is 27.8. The van der Waals surface area contributed by atoms with Gasteiger partial charge in [-0.1, -0.05) is 18.2 Å². The third-order valence-electron chi connectivity index (χ3n) is 9.04. The van der Waals surface area contributed by atoms with Crippen molar-refractivity contribution in [2.24, 2.45) is 0 Å². The summed E-state index contributed by atoms with van der Waals surface area (Å²) in [7, 11) is 0. The molecule has 5 atom stereocenters. The molecule has 8 nitrogen and oxygen atoms in total. The lowest BCUT2D eigenvalue weighted by atomic mass is 9.94. The molecule has 4 aliphatic rings. The minimum Gasteiger partial charge on any atom is -0.373 e. The second kappa shape index (κ2) is 10.3. The number of morpholine rings is 1. The van der Waals surface area contributed by atoms with E-state index in [1.54, 1.807) is 15.5 Å². The standard InChI is InChI=1S/C30H30ClF2N5O3S/c1-4-25(39)36-9-16(3)37(10-15(36)2)29-20-8-21(31)26(19-6-5-17(32)7-22(19)33)28-27(20)38(30(40)34-29)18(14-42-28)11-35-12-24-23(35)13-41-24/h4-8,15-16,18,23-24H,1,9-14H2,2-3H3/t15-,16+,18+,23?,24?/m1/s1. The van der Waals surface area contributed by atoms with Crippen molar-refractivity contribution >= 4 is 46.0 Å². The molecule has 12 heteroatoms. The number of piperazine rings is 1. The summed E-state index contributed by atoms with van der Waals surface area (Å²) in [6, 6.07) is 5.12. The number of rotatable bonds is 5. The van der Waals surface area contributed by atoms with Crippen molar-refractivity contribution in [1.82, 2.24) is 19.4 Å². The van der Waals surface area contributed by atoms with Crippen molar-refractivity contribution in [3.05, 3.63) is 64.1 Å². The van der Waals surface area contributed by atoms with E-state index in [1.807, 2.05) is 13.8 Å². The van der Waals surface area contributed by atoms with E-state index >= 15 is 4.39 Å². The van der Waals surface area contributed by atoms with Crippen molar-refractivity contribution in [2.45, 2.75) is 49.0 Å². The van der Waals surface area contributed by atoms with Crippen LogP contribution in [-0.4, -0.2) is 88.0 Å². The van der Waals surface area contributed by atoms with Gasteiger partial charge in [0.25, 0.3) is 0 Å². The molecular formula is C30H30ClF2N5O3S. The number of aromatic nitrogens is 2. The van der Waals surface area contributed by atoms with Crippen LogP contribution in [0.5, 0.6) is 0 Å². The third kappa shape index (κ3) is 4.27. The van der Waals surface area contributed by atoms with Gasteiger partial charge in [0.1, 0.15) is 17.5 Å². The van der Waals surface area contributed by atoms with Crippen LogP contribution in [0.2, 0.25) is 5.02 Å². The number of nitrogens with zero attached hydrogens (tertiary/aromatic N) is 5. The van der Waals surface area contributed by atoms with Crippen LogP contribution in [0, 0.1) is 11.6 Å². The van der Waals surface area contributed by atoms with Gasteiger partial charge in [-0.2, -0.15) is 4.98 Å². The Hall–Kier alpha value is -2.99. The van der Waals surface area contributed by atoms with Gasteiger partial charge in [-0.3, -0.25) is 14.3 Å². The molecule has 2 unspecified atom stereocenters. The SMILES string of the molecule is C=CC(=O)N1C[C@H](C)N(c2nc(=O)n3c4c(c(-c5ccc(F)cc5F)c(Cl)cc24)SC[C@@H]3CN2CC3OCC32)C[C@H]1C. The number of ether oxygens (including phenoxy) is 1. The fraction of sp³-hybridized carbons (Fsp3) is 0.433. The molecule has 3 aromatic rings. The zero-order valence-electron chi connectivity index (χ0n) is 23.2. The summed E-state index contributed by atoms with van der Waals surface area (Å²) >= 11 is 8.44. The minimum atomic E-state index is -0.722. The first-order chi connectivity index (χ1) is 20.2. The summed E-state index contributed by atoms with van der Waals surface area (Å²) in [5.74, 6) is -0.479. The van der Waals surface area contributed by atoms with Gasteiger partial charge < -0.3 is 14.5 Å². The molecule has 3 fully saturated rings. The molecule has 0 spiro atoms. The molecular weight excluding hydrogens is 584 g/mol. The number of fused-ring (bicyclic) bond motifs is 1. The number of halogens is 3. The van der Waals surface area contributed by atoms with Gasteiger partial charge in [-0.15, -0.1) is 11.8 Å². The number of amides is 1. The molecule has 4 aliphatic heterocycles. The van der Waals surface area contributed by atoms with Crippen LogP contribution in [0.25, 0.3) is 22.0 Å². The summed E-state index contributed by atoms with van der Waals surface area (Å²) in [6.45, 7) is 10.7. The Bertz CT molecular complexity index is 1700. The molecule has 1 aromatic heterocycles. The number of carbonyl (C=O) groups excluding carboxylic acids is 1. The van der Waals surface area contributed by atoms with Gasteiger partial charge in [0.2, 0.25) is 5.91 Å². The van der Waals surface area contributed by atoms with Crippen LogP contribution in [0.1, 0.15) is 19.9 Å². The molecule has 5 heterocycles. The Morgan fingerprint density at radius 2 is 2.02 bits per heavy atom. The zero-order chi connectivity index (χ0) is 29.4.